The molecular formula is C10H17N. The molecule has 1 aromatic rings. The van der Waals surface area contributed by atoms with Crippen LogP contribution in [-0.4, -0.2) is 4.98 Å². The summed E-state index contributed by atoms with van der Waals surface area (Å²) in [6, 6.07) is 3.89. The van der Waals surface area contributed by atoms with Crippen LogP contribution in [0.3, 0.4) is 0 Å². The van der Waals surface area contributed by atoms with Gasteiger partial charge in [-0.25, -0.2) is 0 Å². The van der Waals surface area contributed by atoms with Gasteiger partial charge in [0.15, 0.2) is 0 Å². The predicted octanol–water partition coefficient (Wildman–Crippen LogP) is 3.38. The molecule has 1 rings (SSSR count). The van der Waals surface area contributed by atoms with Gasteiger partial charge in [0.1, 0.15) is 0 Å². The number of allylic oxidation sites excluding steroid dienone is 1. The lowest BCUT2D eigenvalue weighted by Crippen LogP contribution is -1.61. The van der Waals surface area contributed by atoms with Crippen LogP contribution in [0.1, 0.15) is 26.2 Å². The molecule has 0 unspecified atom stereocenters. The highest BCUT2D eigenvalue weighted by molar-refractivity contribution is 4.84. The molecule has 0 saturated carbocycles. The maximum Gasteiger partial charge on any atom is 0.000496 e. The molecule has 62 valence electrons. The Morgan fingerprint density at radius 2 is 2.00 bits per heavy atom. The van der Waals surface area contributed by atoms with E-state index in [2.05, 4.69) is 18.5 Å². The lowest BCUT2D eigenvalue weighted by molar-refractivity contribution is 0.816. The fourth-order valence-electron chi connectivity index (χ4n) is 0.626. The molecule has 0 saturated heterocycles. The summed E-state index contributed by atoms with van der Waals surface area (Å²) in [6.07, 6.45) is 9.47. The number of H-pyrrole nitrogens is 1. The van der Waals surface area contributed by atoms with Gasteiger partial charge in [-0.2, -0.15) is 0 Å². The zero-order chi connectivity index (χ0) is 8.36. The van der Waals surface area contributed by atoms with Crippen molar-refractivity contribution in [2.75, 3.05) is 0 Å². The Morgan fingerprint density at radius 3 is 2.18 bits per heavy atom. The van der Waals surface area contributed by atoms with E-state index in [1.807, 2.05) is 30.6 Å². The van der Waals surface area contributed by atoms with Crippen LogP contribution in [0.4, 0.5) is 0 Å². The first kappa shape index (κ1) is 10.0. The second kappa shape index (κ2) is 9.02. The van der Waals surface area contributed by atoms with Gasteiger partial charge in [-0.05, 0) is 18.6 Å². The topological polar surface area (TPSA) is 15.8 Å². The van der Waals surface area contributed by atoms with Crippen LogP contribution in [-0.2, 0) is 0 Å². The van der Waals surface area contributed by atoms with E-state index in [4.69, 9.17) is 0 Å². The molecule has 0 radical (unpaired) electrons. The highest BCUT2D eigenvalue weighted by atomic mass is 14.6. The summed E-state index contributed by atoms with van der Waals surface area (Å²) in [5.41, 5.74) is 0. The third-order valence-electron chi connectivity index (χ3n) is 1.26. The van der Waals surface area contributed by atoms with Crippen LogP contribution in [0, 0.1) is 0 Å². The van der Waals surface area contributed by atoms with Crippen LogP contribution < -0.4 is 0 Å². The molecule has 0 aliphatic rings. The van der Waals surface area contributed by atoms with E-state index >= 15 is 0 Å². The number of hydrogen-bond donors (Lipinski definition) is 1. The minimum absolute atomic E-state index is 1.18. The fraction of sp³-hybridized carbons (Fsp3) is 0.400. The van der Waals surface area contributed by atoms with Gasteiger partial charge in [-0.1, -0.05) is 25.8 Å². The number of aromatic amines is 1. The van der Waals surface area contributed by atoms with Crippen molar-refractivity contribution in [3.05, 3.63) is 37.2 Å². The second-order valence-electron chi connectivity index (χ2n) is 2.32. The molecule has 0 fully saturated rings. The van der Waals surface area contributed by atoms with Crippen molar-refractivity contribution in [2.45, 2.75) is 26.2 Å². The molecule has 0 aliphatic carbocycles. The molecular weight excluding hydrogens is 134 g/mol. The molecule has 1 nitrogen and oxygen atoms in total. The minimum atomic E-state index is 1.18. The zero-order valence-electron chi connectivity index (χ0n) is 7.22. The molecule has 0 aliphatic heterocycles. The van der Waals surface area contributed by atoms with Crippen LogP contribution in [0.2, 0.25) is 0 Å². The summed E-state index contributed by atoms with van der Waals surface area (Å²) in [5.74, 6) is 0. The summed E-state index contributed by atoms with van der Waals surface area (Å²) >= 11 is 0. The maximum absolute atomic E-state index is 3.60. The second-order valence-corrected chi connectivity index (χ2v) is 2.32. The molecule has 1 aromatic heterocycles. The van der Waals surface area contributed by atoms with Crippen LogP contribution in [0.15, 0.2) is 37.2 Å². The van der Waals surface area contributed by atoms with Crippen molar-refractivity contribution < 1.29 is 0 Å². The Balaban J connectivity index is 0.000000183. The molecule has 0 spiro atoms. The van der Waals surface area contributed by atoms with Crippen molar-refractivity contribution >= 4 is 0 Å². The average molecular weight is 151 g/mol. The van der Waals surface area contributed by atoms with E-state index in [0.717, 1.165) is 0 Å². The van der Waals surface area contributed by atoms with Gasteiger partial charge >= 0.3 is 0 Å². The van der Waals surface area contributed by atoms with Crippen molar-refractivity contribution in [1.29, 1.82) is 0 Å². The first-order valence-corrected chi connectivity index (χ1v) is 4.10. The van der Waals surface area contributed by atoms with E-state index in [1.165, 1.54) is 19.3 Å². The standard InChI is InChI=1S/C6H12.C4H5N/c1-3-5-6-4-2;1-2-4-5-3-1/h3H,1,4-6H2,2H3;1-5H. The third kappa shape index (κ3) is 9.02. The molecule has 0 amide bonds. The van der Waals surface area contributed by atoms with Crippen LogP contribution in [0.5, 0.6) is 0 Å². The van der Waals surface area contributed by atoms with Crippen molar-refractivity contribution in [3.8, 4) is 0 Å². The van der Waals surface area contributed by atoms with E-state index < -0.39 is 0 Å². The number of aromatic nitrogens is 1. The predicted molar refractivity (Wildman–Crippen MR) is 50.5 cm³/mol. The van der Waals surface area contributed by atoms with Gasteiger partial charge < -0.3 is 4.98 Å². The summed E-state index contributed by atoms with van der Waals surface area (Å²) in [4.78, 5) is 2.86. The smallest absolute Gasteiger partial charge is 0.000496 e. The Kier molecular flexibility index (Phi) is 8.22. The molecule has 0 bridgehead atoms. The minimum Gasteiger partial charge on any atom is -0.368 e. The SMILES string of the molecule is C=CCCCC.c1cc[nH]c1. The van der Waals surface area contributed by atoms with Gasteiger partial charge in [0.2, 0.25) is 0 Å². The van der Waals surface area contributed by atoms with Crippen LogP contribution in [0.25, 0.3) is 0 Å². The Labute approximate surface area is 69.1 Å². The van der Waals surface area contributed by atoms with Crippen LogP contribution >= 0.6 is 0 Å². The highest BCUT2D eigenvalue weighted by Gasteiger charge is 1.71. The number of hydrogen-bond acceptors (Lipinski definition) is 0. The van der Waals surface area contributed by atoms with Crippen molar-refractivity contribution in [3.63, 3.8) is 0 Å². The van der Waals surface area contributed by atoms with Gasteiger partial charge in [0, 0.05) is 12.4 Å². The number of unbranched alkanes of at least 4 members (excludes halogenated alkanes) is 2. The van der Waals surface area contributed by atoms with E-state index in [-0.39, 0.29) is 0 Å². The summed E-state index contributed by atoms with van der Waals surface area (Å²) in [7, 11) is 0. The summed E-state index contributed by atoms with van der Waals surface area (Å²) < 4.78 is 0. The number of rotatable bonds is 3. The third-order valence-corrected chi connectivity index (χ3v) is 1.26. The number of nitrogens with one attached hydrogen (secondary N) is 1. The largest absolute Gasteiger partial charge is 0.368 e. The summed E-state index contributed by atoms with van der Waals surface area (Å²) in [6.45, 7) is 5.78. The zero-order valence-corrected chi connectivity index (χ0v) is 7.22. The van der Waals surface area contributed by atoms with Gasteiger partial charge in [-0.3, -0.25) is 0 Å². The molecule has 1 N–H and O–H groups in total. The Bertz CT molecular complexity index is 125. The maximum atomic E-state index is 3.60. The van der Waals surface area contributed by atoms with Crippen molar-refractivity contribution in [2.24, 2.45) is 0 Å². The lowest BCUT2D eigenvalue weighted by Gasteiger charge is -1.81. The normalized spacial score (nSPS) is 8.09. The highest BCUT2D eigenvalue weighted by Crippen LogP contribution is 1.91. The lowest BCUT2D eigenvalue weighted by atomic mass is 10.3. The fourth-order valence-corrected chi connectivity index (χ4v) is 0.626. The summed E-state index contributed by atoms with van der Waals surface area (Å²) in [5, 5.41) is 0. The molecule has 11 heavy (non-hydrogen) atoms. The first-order valence-electron chi connectivity index (χ1n) is 4.10. The van der Waals surface area contributed by atoms with E-state index in [1.54, 1.807) is 0 Å². The van der Waals surface area contributed by atoms with Crippen molar-refractivity contribution in [1.82, 2.24) is 4.98 Å². The monoisotopic (exact) mass is 151 g/mol. The molecule has 1 heterocycles. The van der Waals surface area contributed by atoms with Gasteiger partial charge in [-0.15, -0.1) is 6.58 Å². The average Bonchev–Trinajstić information content (AvgIpc) is 2.57. The van der Waals surface area contributed by atoms with Gasteiger partial charge in [0.05, 0.1) is 0 Å². The Morgan fingerprint density at radius 1 is 1.36 bits per heavy atom. The molecule has 0 atom stereocenters. The van der Waals surface area contributed by atoms with E-state index in [0.29, 0.717) is 0 Å². The first-order chi connectivity index (χ1) is 5.41. The van der Waals surface area contributed by atoms with Gasteiger partial charge in [0.25, 0.3) is 0 Å². The quantitative estimate of drug-likeness (QED) is 0.503. The molecule has 0 aromatic carbocycles. The Hall–Kier alpha value is -0.980. The van der Waals surface area contributed by atoms with E-state index in [9.17, 15) is 0 Å². The molecule has 1 heteroatoms.